The molecule has 0 N–H and O–H groups in total. The van der Waals surface area contributed by atoms with Gasteiger partial charge in [-0.25, -0.2) is 0 Å². The smallest absolute Gasteiger partial charge is 0.0169 e. The van der Waals surface area contributed by atoms with E-state index >= 15 is 0 Å². The minimum absolute atomic E-state index is 1.08. The van der Waals surface area contributed by atoms with Crippen LogP contribution in [0.15, 0.2) is 72.9 Å². The Morgan fingerprint density at radius 3 is 0.515 bits per heavy atom. The molecule has 404 valence electrons. The zero-order valence-corrected chi connectivity index (χ0v) is 48.9. The molecule has 0 aliphatic heterocycles. The standard InChI is InChI=1S/C17H36.C17H34.C17H32.C17H30/c4*1-3-5-7-9-11-13-15-17-16-14-12-10-8-6-4-2/h3-17H2,1-2H3;15,17H,3-14,16H2,1-2H3;11,13,16-17H,3-10,12,14-15H2,1-2H3;5,7,11,13,16-17H,3-4,6,8-10,12,14-15H2,1-2H3/b;17-15-;13-11-,17-16-;7-5-,13-11-,17-16-. The van der Waals surface area contributed by atoms with E-state index in [4.69, 9.17) is 0 Å². The van der Waals surface area contributed by atoms with Crippen LogP contribution in [0.2, 0.25) is 0 Å². The van der Waals surface area contributed by atoms with E-state index in [1.165, 1.54) is 283 Å². The van der Waals surface area contributed by atoms with Crippen molar-refractivity contribution in [3.63, 3.8) is 0 Å². The van der Waals surface area contributed by atoms with Crippen LogP contribution in [0.3, 0.4) is 0 Å². The van der Waals surface area contributed by atoms with Gasteiger partial charge in [-0.15, -0.1) is 0 Å². The third-order valence-electron chi connectivity index (χ3n) is 12.9. The summed E-state index contributed by atoms with van der Waals surface area (Å²) in [5.41, 5.74) is 0. The topological polar surface area (TPSA) is 0 Å². The van der Waals surface area contributed by atoms with Crippen molar-refractivity contribution in [1.82, 2.24) is 0 Å². The van der Waals surface area contributed by atoms with Crippen molar-refractivity contribution in [2.24, 2.45) is 0 Å². The second-order valence-electron chi connectivity index (χ2n) is 20.2. The van der Waals surface area contributed by atoms with Crippen molar-refractivity contribution in [2.45, 2.75) is 364 Å². The zero-order chi connectivity index (χ0) is 50.4. The zero-order valence-electron chi connectivity index (χ0n) is 48.9. The molecule has 0 spiro atoms. The fraction of sp³-hybridized carbons (Fsp3) is 0.824. The third-order valence-corrected chi connectivity index (χ3v) is 12.9. The van der Waals surface area contributed by atoms with Crippen molar-refractivity contribution < 1.29 is 0 Å². The number of allylic oxidation sites excluding steroid dienone is 12. The third kappa shape index (κ3) is 87.5. The highest BCUT2D eigenvalue weighted by Gasteiger charge is 1.94. The summed E-state index contributed by atoms with van der Waals surface area (Å²) in [5, 5.41) is 0. The molecule has 0 saturated carbocycles. The Balaban J connectivity index is -0.000000402. The van der Waals surface area contributed by atoms with Gasteiger partial charge in [0.2, 0.25) is 0 Å². The maximum atomic E-state index is 2.40. The van der Waals surface area contributed by atoms with E-state index in [1.54, 1.807) is 0 Å². The first-order valence-corrected chi connectivity index (χ1v) is 31.6. The molecule has 0 bridgehead atoms. The van der Waals surface area contributed by atoms with Crippen LogP contribution >= 0.6 is 0 Å². The molecule has 0 rings (SSSR count). The van der Waals surface area contributed by atoms with Crippen molar-refractivity contribution >= 4 is 0 Å². The summed E-state index contributed by atoms with van der Waals surface area (Å²) in [4.78, 5) is 0. The SMILES string of the molecule is CC/C=C\C/C=C\C/C=C\CCCCCCC.CCCCC/C=C\C/C=C\CCCCCCC.CCCCCCC/C=C\CCCCCCCC.CCCCCCCCCCCCCCCCC. The molecule has 0 unspecified atom stereocenters. The van der Waals surface area contributed by atoms with Crippen LogP contribution in [-0.4, -0.2) is 0 Å². The normalized spacial score (nSPS) is 11.6. The summed E-state index contributed by atoms with van der Waals surface area (Å²) in [7, 11) is 0. The van der Waals surface area contributed by atoms with Gasteiger partial charge < -0.3 is 0 Å². The van der Waals surface area contributed by atoms with Gasteiger partial charge in [0.05, 0.1) is 0 Å². The number of hydrogen-bond donors (Lipinski definition) is 0. The van der Waals surface area contributed by atoms with Gasteiger partial charge in [-0.05, 0) is 89.9 Å². The molecule has 0 aliphatic carbocycles. The molecular weight excluding hydrogens is 817 g/mol. The quantitative estimate of drug-likeness (QED) is 0.0421. The Bertz CT molecular complexity index is 943. The highest BCUT2D eigenvalue weighted by Crippen LogP contribution is 2.14. The lowest BCUT2D eigenvalue weighted by Crippen LogP contribution is -1.82. The number of rotatable bonds is 50. The summed E-state index contributed by atoms with van der Waals surface area (Å²) in [6.45, 7) is 18.1. The monoisotopic (exact) mass is 949 g/mol. The largest absolute Gasteiger partial charge is 0.0885 e. The Morgan fingerprint density at radius 2 is 0.294 bits per heavy atom. The Morgan fingerprint density at radius 1 is 0.147 bits per heavy atom. The molecule has 0 atom stereocenters. The van der Waals surface area contributed by atoms with Gasteiger partial charge in [0.25, 0.3) is 0 Å². The van der Waals surface area contributed by atoms with Crippen molar-refractivity contribution in [3.8, 4) is 0 Å². The molecule has 0 radical (unpaired) electrons. The highest BCUT2D eigenvalue weighted by molar-refractivity contribution is 4.97. The average molecular weight is 950 g/mol. The van der Waals surface area contributed by atoms with E-state index in [1.807, 2.05) is 0 Å². The van der Waals surface area contributed by atoms with E-state index in [9.17, 15) is 0 Å². The highest BCUT2D eigenvalue weighted by atomic mass is 14.0. The van der Waals surface area contributed by atoms with Crippen molar-refractivity contribution in [1.29, 1.82) is 0 Å². The van der Waals surface area contributed by atoms with Gasteiger partial charge in [0.1, 0.15) is 0 Å². The molecule has 0 heteroatoms. The van der Waals surface area contributed by atoms with Crippen LogP contribution in [0.5, 0.6) is 0 Å². The first-order chi connectivity index (χ1) is 33.7. The summed E-state index contributed by atoms with van der Waals surface area (Å²) in [5.74, 6) is 0. The molecular formula is C68H132. The van der Waals surface area contributed by atoms with E-state index in [0.717, 1.165) is 25.7 Å². The molecule has 0 fully saturated rings. The number of hydrogen-bond acceptors (Lipinski definition) is 0. The molecule has 0 aliphatic rings. The second-order valence-corrected chi connectivity index (χ2v) is 20.2. The minimum atomic E-state index is 1.08. The molecule has 0 nitrogen and oxygen atoms in total. The van der Waals surface area contributed by atoms with Gasteiger partial charge in [0, 0.05) is 0 Å². The Labute approximate surface area is 434 Å². The second kappa shape index (κ2) is 79.6. The summed E-state index contributed by atoms with van der Waals surface area (Å²) in [6.07, 6.45) is 93.9. The maximum absolute atomic E-state index is 2.40. The lowest BCUT2D eigenvalue weighted by molar-refractivity contribution is 0.534. The van der Waals surface area contributed by atoms with Crippen LogP contribution < -0.4 is 0 Å². The van der Waals surface area contributed by atoms with Gasteiger partial charge in [0.15, 0.2) is 0 Å². The van der Waals surface area contributed by atoms with Crippen LogP contribution in [0.25, 0.3) is 0 Å². The molecule has 0 heterocycles. The summed E-state index contributed by atoms with van der Waals surface area (Å²) >= 11 is 0. The molecule has 0 aromatic rings. The maximum Gasteiger partial charge on any atom is -0.0169 e. The number of unbranched alkanes of at least 4 members (excludes halogenated alkanes) is 38. The predicted octanol–water partition coefficient (Wildman–Crippen LogP) is 26.2. The van der Waals surface area contributed by atoms with E-state index in [-0.39, 0.29) is 0 Å². The lowest BCUT2D eigenvalue weighted by atomic mass is 10.0. The summed E-state index contributed by atoms with van der Waals surface area (Å²) < 4.78 is 0. The molecule has 0 amide bonds. The predicted molar refractivity (Wildman–Crippen MR) is 322 cm³/mol. The first-order valence-electron chi connectivity index (χ1n) is 31.6. The van der Waals surface area contributed by atoms with Gasteiger partial charge in [-0.3, -0.25) is 0 Å². The molecule has 0 saturated heterocycles. The van der Waals surface area contributed by atoms with Crippen molar-refractivity contribution in [2.75, 3.05) is 0 Å². The Hall–Kier alpha value is -1.56. The summed E-state index contributed by atoms with van der Waals surface area (Å²) in [6, 6.07) is 0. The fourth-order valence-corrected chi connectivity index (χ4v) is 8.17. The fourth-order valence-electron chi connectivity index (χ4n) is 8.17. The van der Waals surface area contributed by atoms with Crippen LogP contribution in [0.1, 0.15) is 364 Å². The average Bonchev–Trinajstić information content (AvgIpc) is 3.35. The van der Waals surface area contributed by atoms with Crippen LogP contribution in [-0.2, 0) is 0 Å². The first kappa shape index (κ1) is 73.0. The molecule has 0 aromatic carbocycles. The van der Waals surface area contributed by atoms with E-state index in [2.05, 4.69) is 128 Å². The minimum Gasteiger partial charge on any atom is -0.0885 e. The lowest BCUT2D eigenvalue weighted by Gasteiger charge is -2.02. The van der Waals surface area contributed by atoms with Gasteiger partial charge in [-0.1, -0.05) is 347 Å². The molecule has 68 heavy (non-hydrogen) atoms. The van der Waals surface area contributed by atoms with E-state index < -0.39 is 0 Å². The Kier molecular flexibility index (Phi) is 85.4. The van der Waals surface area contributed by atoms with Gasteiger partial charge in [-0.2, -0.15) is 0 Å². The van der Waals surface area contributed by atoms with Crippen molar-refractivity contribution in [3.05, 3.63) is 72.9 Å². The molecule has 0 aromatic heterocycles. The van der Waals surface area contributed by atoms with Crippen LogP contribution in [0, 0.1) is 0 Å². The van der Waals surface area contributed by atoms with Crippen LogP contribution in [0.4, 0.5) is 0 Å². The van der Waals surface area contributed by atoms with Gasteiger partial charge >= 0.3 is 0 Å². The van der Waals surface area contributed by atoms with E-state index in [0.29, 0.717) is 0 Å².